The Kier molecular flexibility index (Phi) is 7.29. The predicted octanol–water partition coefficient (Wildman–Crippen LogP) is 5.44. The van der Waals surface area contributed by atoms with Crippen molar-refractivity contribution in [3.05, 3.63) is 59.9 Å². The summed E-state index contributed by atoms with van der Waals surface area (Å²) in [7, 11) is 1.89. The van der Waals surface area contributed by atoms with Gasteiger partial charge in [0.1, 0.15) is 5.56 Å². The topological polar surface area (TPSA) is 51.1 Å². The first kappa shape index (κ1) is 21.7. The number of halogens is 2. The Labute approximate surface area is 174 Å². The first-order valence-electron chi connectivity index (χ1n) is 9.27. The van der Waals surface area contributed by atoms with E-state index in [2.05, 4.69) is 21.2 Å². The van der Waals surface area contributed by atoms with Crippen molar-refractivity contribution in [2.24, 2.45) is 7.05 Å². The number of aryl methyl sites for hydroxylation is 2. The molecule has 0 bridgehead atoms. The quantitative estimate of drug-likeness (QED) is 0.633. The molecule has 0 aliphatic carbocycles. The molecule has 2 rings (SSSR count). The van der Waals surface area contributed by atoms with Crippen LogP contribution in [0, 0.1) is 6.92 Å². The smallest absolute Gasteiger partial charge is 0.261 e. The molecule has 0 saturated carbocycles. The van der Waals surface area contributed by atoms with Crippen LogP contribution >= 0.6 is 27.5 Å². The maximum atomic E-state index is 13.2. The van der Waals surface area contributed by atoms with E-state index in [0.29, 0.717) is 15.9 Å². The molecule has 0 radical (unpaired) electrons. The summed E-state index contributed by atoms with van der Waals surface area (Å²) in [6, 6.07) is 3.74. The van der Waals surface area contributed by atoms with Crippen LogP contribution in [0.5, 0.6) is 0 Å². The van der Waals surface area contributed by atoms with E-state index >= 15 is 0 Å². The number of benzene rings is 1. The van der Waals surface area contributed by atoms with Gasteiger partial charge in [-0.1, -0.05) is 38.8 Å². The number of carbonyl (C=O) groups is 1. The first-order valence-corrected chi connectivity index (χ1v) is 10.4. The standard InChI is InChI=1S/C21H26BrClN2O2/c1-6-9-16-17(20(26)18(22)12(4)25(16)5)21(27)24-19-13(7-2)10-15(23)11-14(19)8-3/h10-11H,6-9H2,1-5H3,(H,24,27). The van der Waals surface area contributed by atoms with Crippen LogP contribution in [0.4, 0.5) is 5.69 Å². The molecular weight excluding hydrogens is 428 g/mol. The van der Waals surface area contributed by atoms with Crippen molar-refractivity contribution >= 4 is 39.1 Å². The van der Waals surface area contributed by atoms with E-state index in [-0.39, 0.29) is 16.9 Å². The van der Waals surface area contributed by atoms with Gasteiger partial charge in [-0.2, -0.15) is 0 Å². The Balaban J connectivity index is 2.63. The molecule has 6 heteroatoms. The summed E-state index contributed by atoms with van der Waals surface area (Å²) < 4.78 is 2.35. The van der Waals surface area contributed by atoms with E-state index in [0.717, 1.165) is 47.5 Å². The van der Waals surface area contributed by atoms with Crippen molar-refractivity contribution in [3.63, 3.8) is 0 Å². The van der Waals surface area contributed by atoms with E-state index in [9.17, 15) is 9.59 Å². The van der Waals surface area contributed by atoms with Crippen LogP contribution in [-0.2, 0) is 26.3 Å². The third kappa shape index (κ3) is 4.30. The largest absolute Gasteiger partial charge is 0.350 e. The second-order valence-corrected chi connectivity index (χ2v) is 7.85. The van der Waals surface area contributed by atoms with E-state index in [1.807, 2.05) is 51.4 Å². The second kappa shape index (κ2) is 9.07. The molecule has 0 spiro atoms. The number of nitrogens with zero attached hydrogens (tertiary/aromatic N) is 1. The summed E-state index contributed by atoms with van der Waals surface area (Å²) in [6.07, 6.45) is 2.97. The molecule has 146 valence electrons. The number of nitrogens with one attached hydrogen (secondary N) is 1. The molecule has 1 amide bonds. The number of carbonyl (C=O) groups excluding carboxylic acids is 1. The lowest BCUT2D eigenvalue weighted by Gasteiger charge is -2.19. The molecular formula is C21H26BrClN2O2. The summed E-state index contributed by atoms with van der Waals surface area (Å²) >= 11 is 9.57. The number of hydrogen-bond donors (Lipinski definition) is 1. The molecule has 0 atom stereocenters. The highest BCUT2D eigenvalue weighted by molar-refractivity contribution is 9.10. The molecule has 1 aromatic heterocycles. The number of pyridine rings is 1. The fourth-order valence-electron chi connectivity index (χ4n) is 3.31. The lowest BCUT2D eigenvalue weighted by molar-refractivity contribution is 0.102. The summed E-state index contributed by atoms with van der Waals surface area (Å²) in [5.74, 6) is -0.369. The molecule has 27 heavy (non-hydrogen) atoms. The van der Waals surface area contributed by atoms with Crippen LogP contribution in [0.25, 0.3) is 0 Å². The zero-order valence-corrected chi connectivity index (χ0v) is 18.8. The molecule has 1 heterocycles. The zero-order chi connectivity index (χ0) is 20.3. The van der Waals surface area contributed by atoms with E-state index in [1.54, 1.807) is 0 Å². The normalized spacial score (nSPS) is 10.9. The van der Waals surface area contributed by atoms with Crippen molar-refractivity contribution in [1.82, 2.24) is 4.57 Å². The summed E-state index contributed by atoms with van der Waals surface area (Å²) in [5.41, 5.74) is 4.20. The minimum absolute atomic E-state index is 0.205. The highest BCUT2D eigenvalue weighted by Gasteiger charge is 2.23. The monoisotopic (exact) mass is 452 g/mol. The Morgan fingerprint density at radius 3 is 2.22 bits per heavy atom. The Morgan fingerprint density at radius 1 is 1.19 bits per heavy atom. The van der Waals surface area contributed by atoms with Crippen LogP contribution in [0.2, 0.25) is 5.02 Å². The van der Waals surface area contributed by atoms with Gasteiger partial charge in [0.05, 0.1) is 4.47 Å². The Hall–Kier alpha value is -1.59. The molecule has 1 N–H and O–H groups in total. The van der Waals surface area contributed by atoms with Crippen molar-refractivity contribution in [3.8, 4) is 0 Å². The first-order chi connectivity index (χ1) is 12.8. The summed E-state index contributed by atoms with van der Waals surface area (Å²) in [4.78, 5) is 26.1. The minimum Gasteiger partial charge on any atom is -0.350 e. The van der Waals surface area contributed by atoms with Gasteiger partial charge in [0, 0.05) is 29.1 Å². The molecule has 1 aromatic carbocycles. The number of rotatable bonds is 6. The lowest BCUT2D eigenvalue weighted by Crippen LogP contribution is -2.29. The van der Waals surface area contributed by atoms with Crippen LogP contribution in [0.1, 0.15) is 60.1 Å². The average molecular weight is 454 g/mol. The van der Waals surface area contributed by atoms with Gasteiger partial charge in [-0.15, -0.1) is 0 Å². The maximum Gasteiger partial charge on any atom is 0.261 e. The van der Waals surface area contributed by atoms with Crippen LogP contribution in [0.3, 0.4) is 0 Å². The Bertz CT molecular complexity index is 910. The second-order valence-electron chi connectivity index (χ2n) is 6.62. The molecule has 0 unspecified atom stereocenters. The summed E-state index contributed by atoms with van der Waals surface area (Å²) in [5, 5.41) is 3.66. The number of amides is 1. The molecule has 0 aliphatic rings. The number of hydrogen-bond acceptors (Lipinski definition) is 2. The van der Waals surface area contributed by atoms with Gasteiger partial charge in [0.25, 0.3) is 5.91 Å². The molecule has 0 aliphatic heterocycles. The van der Waals surface area contributed by atoms with Gasteiger partial charge >= 0.3 is 0 Å². The van der Waals surface area contributed by atoms with Gasteiger partial charge in [-0.05, 0) is 65.4 Å². The van der Waals surface area contributed by atoms with E-state index in [4.69, 9.17) is 11.6 Å². The molecule has 2 aromatic rings. The molecule has 0 saturated heterocycles. The van der Waals surface area contributed by atoms with Gasteiger partial charge in [-0.25, -0.2) is 0 Å². The fourth-order valence-corrected chi connectivity index (χ4v) is 4.03. The SMILES string of the molecule is CCCc1c(C(=O)Nc2c(CC)cc(Cl)cc2CC)c(=O)c(Br)c(C)n1C. The van der Waals surface area contributed by atoms with Crippen LogP contribution < -0.4 is 10.7 Å². The zero-order valence-electron chi connectivity index (χ0n) is 16.5. The van der Waals surface area contributed by atoms with Gasteiger partial charge < -0.3 is 9.88 Å². The summed E-state index contributed by atoms with van der Waals surface area (Å²) in [6.45, 7) is 7.94. The van der Waals surface area contributed by atoms with Crippen LogP contribution in [-0.4, -0.2) is 10.5 Å². The van der Waals surface area contributed by atoms with Gasteiger partial charge in [0.15, 0.2) is 0 Å². The highest BCUT2D eigenvalue weighted by atomic mass is 79.9. The predicted molar refractivity (Wildman–Crippen MR) is 116 cm³/mol. The minimum atomic E-state index is -0.369. The lowest BCUT2D eigenvalue weighted by atomic mass is 10.0. The third-order valence-electron chi connectivity index (χ3n) is 4.92. The van der Waals surface area contributed by atoms with Crippen molar-refractivity contribution in [2.75, 3.05) is 5.32 Å². The van der Waals surface area contributed by atoms with Crippen molar-refractivity contribution in [2.45, 2.75) is 53.4 Å². The maximum absolute atomic E-state index is 13.2. The third-order valence-corrected chi connectivity index (χ3v) is 6.07. The number of aromatic nitrogens is 1. The highest BCUT2D eigenvalue weighted by Crippen LogP contribution is 2.28. The molecule has 0 fully saturated rings. The molecule has 4 nitrogen and oxygen atoms in total. The van der Waals surface area contributed by atoms with E-state index < -0.39 is 0 Å². The fraction of sp³-hybridized carbons (Fsp3) is 0.429. The Morgan fingerprint density at radius 2 is 1.74 bits per heavy atom. The van der Waals surface area contributed by atoms with Crippen molar-refractivity contribution in [1.29, 1.82) is 0 Å². The number of anilines is 1. The van der Waals surface area contributed by atoms with Gasteiger partial charge in [-0.3, -0.25) is 9.59 Å². The average Bonchev–Trinajstić information content (AvgIpc) is 2.65. The van der Waals surface area contributed by atoms with Crippen LogP contribution in [0.15, 0.2) is 21.4 Å². The van der Waals surface area contributed by atoms with E-state index in [1.165, 1.54) is 0 Å². The van der Waals surface area contributed by atoms with Gasteiger partial charge in [0.2, 0.25) is 5.43 Å². The van der Waals surface area contributed by atoms with Crippen molar-refractivity contribution < 1.29 is 4.79 Å².